The molecule has 1 N–H and O–H groups in total. The van der Waals surface area contributed by atoms with Crippen LogP contribution in [0.3, 0.4) is 0 Å². The van der Waals surface area contributed by atoms with E-state index in [0.29, 0.717) is 11.0 Å². The molecule has 0 bridgehead atoms. The summed E-state index contributed by atoms with van der Waals surface area (Å²) < 4.78 is 42.6. The molecule has 0 radical (unpaired) electrons. The number of nitrogens with one attached hydrogen (secondary N) is 1. The average Bonchev–Trinajstić information content (AvgIpc) is 2.75. The van der Waals surface area contributed by atoms with Crippen LogP contribution in [0.15, 0.2) is 28.7 Å². The largest absolute Gasteiger partial charge is 0.443 e. The van der Waals surface area contributed by atoms with Gasteiger partial charge in [0.2, 0.25) is 11.7 Å². The first-order valence-electron chi connectivity index (χ1n) is 5.63. The second-order valence-electron chi connectivity index (χ2n) is 4.17. The van der Waals surface area contributed by atoms with Crippen LogP contribution in [0.1, 0.15) is 12.7 Å². The highest BCUT2D eigenvalue weighted by molar-refractivity contribution is 6.03. The fourth-order valence-corrected chi connectivity index (χ4v) is 1.63. The van der Waals surface area contributed by atoms with Crippen LogP contribution in [0.4, 0.5) is 18.9 Å². The van der Waals surface area contributed by atoms with Crippen LogP contribution in [0.2, 0.25) is 0 Å². The Hall–Kier alpha value is -2.49. The van der Waals surface area contributed by atoms with E-state index in [1.54, 1.807) is 30.3 Å². The molecule has 0 spiro atoms. The van der Waals surface area contributed by atoms with Crippen molar-refractivity contribution in [2.45, 2.75) is 13.1 Å². The van der Waals surface area contributed by atoms with Crippen LogP contribution in [-0.4, -0.2) is 12.1 Å². The number of alkyl halides is 3. The number of halogens is 3. The van der Waals surface area contributed by atoms with Crippen LogP contribution >= 0.6 is 0 Å². The predicted octanol–water partition coefficient (Wildman–Crippen LogP) is 3.44. The van der Waals surface area contributed by atoms with Gasteiger partial charge in [-0.3, -0.25) is 4.79 Å². The zero-order valence-electron chi connectivity index (χ0n) is 10.3. The van der Waals surface area contributed by atoms with Crippen LogP contribution in [0, 0.1) is 17.2 Å². The highest BCUT2D eigenvalue weighted by atomic mass is 19.4. The number of nitriles is 1. The average molecular weight is 282 g/mol. The van der Waals surface area contributed by atoms with E-state index in [-0.39, 0.29) is 11.4 Å². The predicted molar refractivity (Wildman–Crippen MR) is 64.8 cm³/mol. The Balaban J connectivity index is 2.39. The summed E-state index contributed by atoms with van der Waals surface area (Å²) in [6.45, 7) is 0.754. The number of para-hydroxylation sites is 1. The van der Waals surface area contributed by atoms with Gasteiger partial charge in [0.05, 0.1) is 0 Å². The Morgan fingerprint density at radius 2 is 2.05 bits per heavy atom. The normalized spacial score (nSPS) is 12.9. The number of carbonyl (C=O) groups is 1. The third-order valence-electron chi connectivity index (χ3n) is 2.83. The van der Waals surface area contributed by atoms with E-state index in [4.69, 9.17) is 9.68 Å². The van der Waals surface area contributed by atoms with Crippen LogP contribution in [0.25, 0.3) is 11.0 Å². The SMILES string of the molecule is CC(C(=O)Nc1c(C#N)oc2ccccc12)C(F)(F)F. The molecule has 0 aliphatic carbocycles. The maximum Gasteiger partial charge on any atom is 0.400 e. The number of furan rings is 1. The minimum absolute atomic E-state index is 0.0378. The van der Waals surface area contributed by atoms with Crippen molar-refractivity contribution in [3.63, 3.8) is 0 Å². The summed E-state index contributed by atoms with van der Waals surface area (Å²) in [6.07, 6.45) is -4.64. The molecule has 4 nitrogen and oxygen atoms in total. The highest BCUT2D eigenvalue weighted by Crippen LogP contribution is 2.32. The minimum atomic E-state index is -4.64. The Morgan fingerprint density at radius 1 is 1.40 bits per heavy atom. The Labute approximate surface area is 111 Å². The first-order chi connectivity index (χ1) is 9.34. The fraction of sp³-hybridized carbons (Fsp3) is 0.231. The number of carbonyl (C=O) groups excluding carboxylic acids is 1. The summed E-state index contributed by atoms with van der Waals surface area (Å²) in [4.78, 5) is 11.6. The van der Waals surface area contributed by atoms with Gasteiger partial charge in [0.1, 0.15) is 23.3 Å². The number of hydrogen-bond acceptors (Lipinski definition) is 3. The summed E-state index contributed by atoms with van der Waals surface area (Å²) in [5.74, 6) is -3.64. The Bertz CT molecular complexity index is 698. The van der Waals surface area contributed by atoms with E-state index in [2.05, 4.69) is 5.32 Å². The molecule has 2 aromatic rings. The zero-order valence-corrected chi connectivity index (χ0v) is 10.3. The molecule has 2 rings (SSSR count). The Kier molecular flexibility index (Phi) is 3.40. The molecule has 0 saturated carbocycles. The molecule has 0 saturated heterocycles. The van der Waals surface area contributed by atoms with E-state index < -0.39 is 18.0 Å². The van der Waals surface area contributed by atoms with Crippen molar-refractivity contribution >= 4 is 22.6 Å². The molecule has 1 aromatic carbocycles. The maximum absolute atomic E-state index is 12.5. The standard InChI is InChI=1S/C13H9F3N2O2/c1-7(13(14,15)16)12(19)18-11-8-4-2-3-5-9(8)20-10(11)6-17/h2-5,7H,1H3,(H,18,19). The number of hydrogen-bond donors (Lipinski definition) is 1. The van der Waals surface area contributed by atoms with Crippen LogP contribution in [-0.2, 0) is 4.79 Å². The van der Waals surface area contributed by atoms with Crippen molar-refractivity contribution in [3.8, 4) is 6.07 Å². The maximum atomic E-state index is 12.5. The van der Waals surface area contributed by atoms with Gasteiger partial charge < -0.3 is 9.73 Å². The van der Waals surface area contributed by atoms with Gasteiger partial charge in [-0.1, -0.05) is 12.1 Å². The molecule has 20 heavy (non-hydrogen) atoms. The van der Waals surface area contributed by atoms with E-state index in [1.807, 2.05) is 0 Å². The first kappa shape index (κ1) is 13.9. The van der Waals surface area contributed by atoms with Crippen molar-refractivity contribution in [2.75, 3.05) is 5.32 Å². The first-order valence-corrected chi connectivity index (χ1v) is 5.63. The molecule has 1 unspecified atom stereocenters. The van der Waals surface area contributed by atoms with Gasteiger partial charge in [-0.25, -0.2) is 0 Å². The third-order valence-corrected chi connectivity index (χ3v) is 2.83. The second-order valence-corrected chi connectivity index (χ2v) is 4.17. The van der Waals surface area contributed by atoms with Gasteiger partial charge in [-0.2, -0.15) is 18.4 Å². The molecule has 1 amide bonds. The summed E-state index contributed by atoms with van der Waals surface area (Å²) >= 11 is 0. The molecular weight excluding hydrogens is 273 g/mol. The summed E-state index contributed by atoms with van der Waals surface area (Å²) in [5.41, 5.74) is 0.281. The van der Waals surface area contributed by atoms with Crippen molar-refractivity contribution in [1.29, 1.82) is 5.26 Å². The van der Waals surface area contributed by atoms with Gasteiger partial charge >= 0.3 is 6.18 Å². The summed E-state index contributed by atoms with van der Waals surface area (Å²) in [6, 6.07) is 8.09. The Morgan fingerprint density at radius 3 is 2.65 bits per heavy atom. The highest BCUT2D eigenvalue weighted by Gasteiger charge is 2.41. The van der Waals surface area contributed by atoms with E-state index in [9.17, 15) is 18.0 Å². The molecule has 0 aliphatic rings. The molecule has 0 fully saturated rings. The van der Waals surface area contributed by atoms with Gasteiger partial charge in [0.25, 0.3) is 0 Å². The van der Waals surface area contributed by atoms with Crippen molar-refractivity contribution < 1.29 is 22.4 Å². The van der Waals surface area contributed by atoms with Gasteiger partial charge in [0.15, 0.2) is 0 Å². The molecule has 1 aromatic heterocycles. The number of amides is 1. The zero-order chi connectivity index (χ0) is 14.9. The monoisotopic (exact) mass is 282 g/mol. The van der Waals surface area contributed by atoms with E-state index >= 15 is 0 Å². The van der Waals surface area contributed by atoms with Crippen LogP contribution in [0.5, 0.6) is 0 Å². The lowest BCUT2D eigenvalue weighted by Crippen LogP contribution is -2.32. The summed E-state index contributed by atoms with van der Waals surface area (Å²) in [7, 11) is 0. The molecular formula is C13H9F3N2O2. The van der Waals surface area contributed by atoms with Gasteiger partial charge in [-0.05, 0) is 19.1 Å². The topological polar surface area (TPSA) is 66.0 Å². The molecule has 1 heterocycles. The molecule has 1 atom stereocenters. The summed E-state index contributed by atoms with van der Waals surface area (Å²) in [5, 5.41) is 11.4. The molecule has 104 valence electrons. The fourth-order valence-electron chi connectivity index (χ4n) is 1.63. The van der Waals surface area contributed by atoms with Gasteiger partial charge in [0, 0.05) is 5.39 Å². The van der Waals surface area contributed by atoms with Crippen LogP contribution < -0.4 is 5.32 Å². The number of anilines is 1. The molecule has 7 heteroatoms. The number of nitrogens with zero attached hydrogens (tertiary/aromatic N) is 1. The quantitative estimate of drug-likeness (QED) is 0.917. The third kappa shape index (κ3) is 2.45. The van der Waals surface area contributed by atoms with Crippen molar-refractivity contribution in [1.82, 2.24) is 0 Å². The van der Waals surface area contributed by atoms with Crippen molar-refractivity contribution in [2.24, 2.45) is 5.92 Å². The lowest BCUT2D eigenvalue weighted by Gasteiger charge is -2.14. The second kappa shape index (κ2) is 4.89. The van der Waals surface area contributed by atoms with E-state index in [1.165, 1.54) is 0 Å². The van der Waals surface area contributed by atoms with Gasteiger partial charge in [-0.15, -0.1) is 0 Å². The van der Waals surface area contributed by atoms with E-state index in [0.717, 1.165) is 6.92 Å². The number of rotatable bonds is 2. The molecule has 0 aliphatic heterocycles. The lowest BCUT2D eigenvalue weighted by molar-refractivity contribution is -0.175. The lowest BCUT2D eigenvalue weighted by atomic mass is 10.1. The minimum Gasteiger partial charge on any atom is -0.443 e. The van der Waals surface area contributed by atoms with Crippen molar-refractivity contribution in [3.05, 3.63) is 30.0 Å². The number of benzene rings is 1. The number of fused-ring (bicyclic) bond motifs is 1. The smallest absolute Gasteiger partial charge is 0.400 e.